The Morgan fingerprint density at radius 3 is 3.06 bits per heavy atom. The van der Waals surface area contributed by atoms with Crippen LogP contribution < -0.4 is 5.56 Å². The summed E-state index contributed by atoms with van der Waals surface area (Å²) in [5, 5.41) is 8.97. The molecule has 0 amide bonds. The Balaban J connectivity index is 2.47. The van der Waals surface area contributed by atoms with Crippen LogP contribution in [-0.2, 0) is 6.54 Å². The van der Waals surface area contributed by atoms with Crippen molar-refractivity contribution >= 4 is 15.9 Å². The van der Waals surface area contributed by atoms with Gasteiger partial charge in [0.15, 0.2) is 0 Å². The fraction of sp³-hybridized carbons (Fsp3) is 0.154. The van der Waals surface area contributed by atoms with E-state index in [2.05, 4.69) is 20.9 Å². The van der Waals surface area contributed by atoms with Crippen LogP contribution in [0.15, 0.2) is 39.9 Å². The van der Waals surface area contributed by atoms with Gasteiger partial charge in [-0.1, -0.05) is 6.07 Å². The van der Waals surface area contributed by atoms with Gasteiger partial charge in [0.1, 0.15) is 11.8 Å². The van der Waals surface area contributed by atoms with Crippen LogP contribution in [0.4, 0.5) is 0 Å². The highest BCUT2D eigenvalue weighted by atomic mass is 79.9. The van der Waals surface area contributed by atoms with E-state index in [1.807, 2.05) is 6.07 Å². The van der Waals surface area contributed by atoms with Crippen molar-refractivity contribution in [2.75, 3.05) is 0 Å². The first-order chi connectivity index (χ1) is 8.61. The van der Waals surface area contributed by atoms with Crippen molar-refractivity contribution in [3.05, 3.63) is 62.2 Å². The van der Waals surface area contributed by atoms with Gasteiger partial charge in [-0.25, -0.2) is 4.98 Å². The minimum Gasteiger partial charge on any atom is -0.310 e. The number of hydrogen-bond acceptors (Lipinski definition) is 3. The van der Waals surface area contributed by atoms with Crippen molar-refractivity contribution in [1.29, 1.82) is 5.26 Å². The Morgan fingerprint density at radius 2 is 2.33 bits per heavy atom. The Hall–Kier alpha value is -1.93. The second-order valence-electron chi connectivity index (χ2n) is 3.90. The van der Waals surface area contributed by atoms with Crippen LogP contribution >= 0.6 is 15.9 Å². The summed E-state index contributed by atoms with van der Waals surface area (Å²) in [4.78, 5) is 15.9. The lowest BCUT2D eigenvalue weighted by Gasteiger charge is -2.08. The fourth-order valence-electron chi connectivity index (χ4n) is 1.71. The number of nitrogens with zero attached hydrogens (tertiary/aromatic N) is 3. The van der Waals surface area contributed by atoms with E-state index < -0.39 is 0 Å². The van der Waals surface area contributed by atoms with Gasteiger partial charge in [-0.2, -0.15) is 5.26 Å². The van der Waals surface area contributed by atoms with Crippen molar-refractivity contribution in [3.8, 4) is 6.07 Å². The van der Waals surface area contributed by atoms with Crippen LogP contribution in [0.25, 0.3) is 0 Å². The third-order valence-corrected chi connectivity index (χ3v) is 3.00. The Bertz CT molecular complexity index is 685. The first-order valence-electron chi connectivity index (χ1n) is 5.32. The maximum absolute atomic E-state index is 12.0. The van der Waals surface area contributed by atoms with E-state index in [0.717, 1.165) is 10.0 Å². The molecule has 0 saturated heterocycles. The van der Waals surface area contributed by atoms with Crippen molar-refractivity contribution < 1.29 is 0 Å². The molecule has 0 unspecified atom stereocenters. The number of halogens is 1. The summed E-state index contributed by atoms with van der Waals surface area (Å²) in [5.74, 6) is 0. The van der Waals surface area contributed by atoms with E-state index in [4.69, 9.17) is 5.26 Å². The fourth-order valence-corrected chi connectivity index (χ4v) is 2.30. The van der Waals surface area contributed by atoms with Gasteiger partial charge in [0.2, 0.25) is 0 Å². The topological polar surface area (TPSA) is 58.7 Å². The molecule has 2 aromatic heterocycles. The maximum atomic E-state index is 12.0. The molecule has 0 bridgehead atoms. The summed E-state index contributed by atoms with van der Waals surface area (Å²) in [6.07, 6.45) is 3.28. The zero-order valence-corrected chi connectivity index (χ0v) is 11.3. The molecular formula is C13H10BrN3O. The van der Waals surface area contributed by atoms with E-state index >= 15 is 0 Å². The smallest absolute Gasteiger partial charge is 0.253 e. The molecular weight excluding hydrogens is 294 g/mol. The first-order valence-corrected chi connectivity index (χ1v) is 6.11. The number of rotatable bonds is 2. The summed E-state index contributed by atoms with van der Waals surface area (Å²) in [5.41, 5.74) is 1.68. The highest BCUT2D eigenvalue weighted by Gasteiger charge is 2.06. The van der Waals surface area contributed by atoms with Crippen LogP contribution in [0.2, 0.25) is 0 Å². The predicted molar refractivity (Wildman–Crippen MR) is 71.2 cm³/mol. The largest absolute Gasteiger partial charge is 0.310 e. The number of aryl methyl sites for hydroxylation is 1. The average Bonchev–Trinajstić information content (AvgIpc) is 2.36. The molecule has 90 valence electrons. The third kappa shape index (κ3) is 2.49. The van der Waals surface area contributed by atoms with E-state index in [0.29, 0.717) is 17.8 Å². The summed E-state index contributed by atoms with van der Waals surface area (Å²) in [6.45, 7) is 2.11. The molecule has 0 aliphatic heterocycles. The standard InChI is InChI=1S/C13H10BrN3O/c1-9-5-11(14)8-17(13(9)18)7-10-3-2-4-16-12(10)6-15/h2-5,8H,7H2,1H3. The van der Waals surface area contributed by atoms with E-state index in [-0.39, 0.29) is 5.56 Å². The molecule has 0 saturated carbocycles. The van der Waals surface area contributed by atoms with Crippen molar-refractivity contribution in [2.45, 2.75) is 13.5 Å². The Labute approximate surface area is 113 Å². The molecule has 0 spiro atoms. The lowest BCUT2D eigenvalue weighted by Crippen LogP contribution is -2.22. The molecule has 0 atom stereocenters. The molecule has 18 heavy (non-hydrogen) atoms. The highest BCUT2D eigenvalue weighted by molar-refractivity contribution is 9.10. The van der Waals surface area contributed by atoms with E-state index in [9.17, 15) is 4.79 Å². The summed E-state index contributed by atoms with van der Waals surface area (Å²) >= 11 is 3.36. The normalized spacial score (nSPS) is 10.1. The molecule has 0 aliphatic rings. The van der Waals surface area contributed by atoms with Gasteiger partial charge >= 0.3 is 0 Å². The number of hydrogen-bond donors (Lipinski definition) is 0. The molecule has 2 rings (SSSR count). The number of aromatic nitrogens is 2. The average molecular weight is 304 g/mol. The second kappa shape index (κ2) is 5.15. The molecule has 0 fully saturated rings. The van der Waals surface area contributed by atoms with Gasteiger partial charge in [-0.3, -0.25) is 4.79 Å². The molecule has 0 N–H and O–H groups in total. The highest BCUT2D eigenvalue weighted by Crippen LogP contribution is 2.11. The second-order valence-corrected chi connectivity index (χ2v) is 4.81. The molecule has 0 radical (unpaired) electrons. The van der Waals surface area contributed by atoms with Crippen LogP contribution in [-0.4, -0.2) is 9.55 Å². The molecule has 2 heterocycles. The monoisotopic (exact) mass is 303 g/mol. The van der Waals surface area contributed by atoms with Crippen molar-refractivity contribution in [2.24, 2.45) is 0 Å². The van der Waals surface area contributed by atoms with Crippen molar-refractivity contribution in [3.63, 3.8) is 0 Å². The zero-order valence-electron chi connectivity index (χ0n) is 9.72. The third-order valence-electron chi connectivity index (χ3n) is 2.57. The van der Waals surface area contributed by atoms with Crippen LogP contribution in [0, 0.1) is 18.3 Å². The van der Waals surface area contributed by atoms with Gasteiger partial charge in [0, 0.05) is 28.0 Å². The van der Waals surface area contributed by atoms with E-state index in [1.54, 1.807) is 42.1 Å². The van der Waals surface area contributed by atoms with Crippen molar-refractivity contribution in [1.82, 2.24) is 9.55 Å². The molecule has 0 aromatic carbocycles. The number of nitriles is 1. The molecule has 5 heteroatoms. The van der Waals surface area contributed by atoms with Gasteiger partial charge < -0.3 is 4.57 Å². The summed E-state index contributed by atoms with van der Waals surface area (Å²) < 4.78 is 2.40. The molecule has 4 nitrogen and oxygen atoms in total. The van der Waals surface area contributed by atoms with Gasteiger partial charge in [-0.15, -0.1) is 0 Å². The minimum absolute atomic E-state index is 0.0639. The first kappa shape index (κ1) is 12.5. The maximum Gasteiger partial charge on any atom is 0.253 e. The Morgan fingerprint density at radius 1 is 1.56 bits per heavy atom. The van der Waals surface area contributed by atoms with Gasteiger partial charge in [0.25, 0.3) is 5.56 Å². The van der Waals surface area contributed by atoms with Gasteiger partial charge in [0.05, 0.1) is 6.54 Å². The molecule has 2 aromatic rings. The van der Waals surface area contributed by atoms with E-state index in [1.165, 1.54) is 0 Å². The SMILES string of the molecule is Cc1cc(Br)cn(Cc2cccnc2C#N)c1=O. The zero-order chi connectivity index (χ0) is 13.1. The van der Waals surface area contributed by atoms with Crippen LogP contribution in [0.1, 0.15) is 16.8 Å². The van der Waals surface area contributed by atoms with Gasteiger partial charge in [-0.05, 0) is 35.0 Å². The molecule has 0 aliphatic carbocycles. The summed E-state index contributed by atoms with van der Waals surface area (Å²) in [6, 6.07) is 7.35. The lowest BCUT2D eigenvalue weighted by atomic mass is 10.2. The minimum atomic E-state index is -0.0639. The summed E-state index contributed by atoms with van der Waals surface area (Å²) in [7, 11) is 0. The number of pyridine rings is 2. The lowest BCUT2D eigenvalue weighted by molar-refractivity contribution is 0.744. The predicted octanol–water partition coefficient (Wildman–Crippen LogP) is 2.23. The van der Waals surface area contributed by atoms with Crippen LogP contribution in [0.3, 0.4) is 0 Å². The quantitative estimate of drug-likeness (QED) is 0.855. The Kier molecular flexibility index (Phi) is 3.58. The van der Waals surface area contributed by atoms with Crippen LogP contribution in [0.5, 0.6) is 0 Å².